The van der Waals surface area contributed by atoms with Gasteiger partial charge in [0, 0.05) is 5.97 Å². The number of unbranched alkanes of at least 4 members (excludes halogenated alkanes) is 5. The molecule has 3 nitrogen and oxygen atoms in total. The molecule has 4 N–H and O–H groups in total. The van der Waals surface area contributed by atoms with Gasteiger partial charge in [-0.25, -0.2) is 0 Å². The molecule has 19 heavy (non-hydrogen) atoms. The number of quaternary nitrogens is 1. The van der Waals surface area contributed by atoms with Gasteiger partial charge in [-0.2, -0.15) is 0 Å². The summed E-state index contributed by atoms with van der Waals surface area (Å²) in [7, 11) is 0. The van der Waals surface area contributed by atoms with Crippen LogP contribution in [-0.2, 0) is 4.79 Å². The monoisotopic (exact) mass is 273 g/mol. The Morgan fingerprint density at radius 2 is 1.26 bits per heavy atom. The van der Waals surface area contributed by atoms with Gasteiger partial charge in [0.25, 0.3) is 0 Å². The van der Waals surface area contributed by atoms with Gasteiger partial charge in [0.2, 0.25) is 0 Å². The number of aliphatic carboxylic acids is 1. The van der Waals surface area contributed by atoms with Gasteiger partial charge in [0.15, 0.2) is 0 Å². The van der Waals surface area contributed by atoms with Crippen LogP contribution in [0.2, 0.25) is 0 Å². The number of carboxylic acid groups (broad SMARTS) is 1. The molecule has 0 aliphatic rings. The van der Waals surface area contributed by atoms with Gasteiger partial charge in [0.1, 0.15) is 0 Å². The first-order valence-corrected chi connectivity index (χ1v) is 7.80. The minimum absolute atomic E-state index is 0. The second-order valence-electron chi connectivity index (χ2n) is 5.55. The van der Waals surface area contributed by atoms with E-state index in [1.807, 2.05) is 0 Å². The number of carboxylic acids is 1. The Morgan fingerprint density at radius 3 is 1.68 bits per heavy atom. The van der Waals surface area contributed by atoms with Gasteiger partial charge in [-0.1, -0.05) is 72.1 Å². The van der Waals surface area contributed by atoms with Crippen LogP contribution in [0.3, 0.4) is 0 Å². The summed E-state index contributed by atoms with van der Waals surface area (Å²) in [6.45, 7) is 6.94. The first-order chi connectivity index (χ1) is 8.60. The zero-order chi connectivity index (χ0) is 13.9. The van der Waals surface area contributed by atoms with Crippen LogP contribution >= 0.6 is 0 Å². The minimum Gasteiger partial charge on any atom is -0.550 e. The van der Waals surface area contributed by atoms with Crippen molar-refractivity contribution in [1.29, 1.82) is 0 Å². The normalized spacial score (nSPS) is 11.1. The third-order valence-corrected chi connectivity index (χ3v) is 4.59. The second kappa shape index (κ2) is 12.5. The third-order valence-electron chi connectivity index (χ3n) is 4.59. The van der Waals surface area contributed by atoms with Gasteiger partial charge >= 0.3 is 0 Å². The van der Waals surface area contributed by atoms with E-state index >= 15 is 0 Å². The molecule has 0 aliphatic carbocycles. The molecule has 0 aromatic carbocycles. The smallest absolute Gasteiger partial charge is 0.0414 e. The van der Waals surface area contributed by atoms with Crippen molar-refractivity contribution in [3.63, 3.8) is 0 Å². The predicted octanol–water partition coefficient (Wildman–Crippen LogP) is 4.45. The molecule has 0 amide bonds. The summed E-state index contributed by atoms with van der Waals surface area (Å²) >= 11 is 0. The molecular weight excluding hydrogens is 238 g/mol. The summed E-state index contributed by atoms with van der Waals surface area (Å²) in [5.74, 6) is -0.909. The Bertz CT molecular complexity index is 205. The fraction of sp³-hybridized carbons (Fsp3) is 0.938. The molecule has 0 rings (SSSR count). The Kier molecular flexibility index (Phi) is 13.6. The van der Waals surface area contributed by atoms with Gasteiger partial charge in [0.05, 0.1) is 0 Å². The molecule has 0 radical (unpaired) electrons. The molecule has 116 valence electrons. The maximum absolute atomic E-state index is 10.2. The summed E-state index contributed by atoms with van der Waals surface area (Å²) in [6, 6.07) is 0. The number of hydrogen-bond donors (Lipinski definition) is 1. The fourth-order valence-corrected chi connectivity index (χ4v) is 2.76. The molecule has 0 aromatic rings. The maximum atomic E-state index is 10.2. The molecule has 0 spiro atoms. The lowest BCUT2D eigenvalue weighted by Gasteiger charge is -2.30. The van der Waals surface area contributed by atoms with E-state index in [0.717, 1.165) is 12.8 Å². The van der Waals surface area contributed by atoms with Crippen LogP contribution in [0, 0.1) is 5.41 Å². The largest absolute Gasteiger partial charge is 0.550 e. The van der Waals surface area contributed by atoms with E-state index in [9.17, 15) is 9.90 Å². The Morgan fingerprint density at radius 1 is 0.842 bits per heavy atom. The molecule has 0 saturated heterocycles. The lowest BCUT2D eigenvalue weighted by atomic mass is 9.75. The quantitative estimate of drug-likeness (QED) is 0.533. The summed E-state index contributed by atoms with van der Waals surface area (Å²) in [5, 5.41) is 10.2. The highest BCUT2D eigenvalue weighted by atomic mass is 16.4. The van der Waals surface area contributed by atoms with Crippen LogP contribution in [-0.4, -0.2) is 5.97 Å². The molecule has 0 aliphatic heterocycles. The average molecular weight is 273 g/mol. The second-order valence-corrected chi connectivity index (χ2v) is 5.55. The molecule has 0 saturated carbocycles. The van der Waals surface area contributed by atoms with Gasteiger partial charge in [-0.05, 0) is 24.7 Å². The molecule has 0 heterocycles. The Labute approximate surface area is 119 Å². The first-order valence-electron chi connectivity index (χ1n) is 7.80. The van der Waals surface area contributed by atoms with Crippen LogP contribution in [0.1, 0.15) is 91.4 Å². The molecular formula is C16H35NO2. The van der Waals surface area contributed by atoms with E-state index in [1.54, 1.807) is 0 Å². The zero-order valence-electron chi connectivity index (χ0n) is 13.6. The van der Waals surface area contributed by atoms with Crippen LogP contribution < -0.4 is 11.3 Å². The van der Waals surface area contributed by atoms with Crippen molar-refractivity contribution in [3.05, 3.63) is 0 Å². The highest BCUT2D eigenvalue weighted by Crippen LogP contribution is 2.36. The van der Waals surface area contributed by atoms with Crippen molar-refractivity contribution in [1.82, 2.24) is 6.15 Å². The molecule has 3 heteroatoms. The maximum Gasteiger partial charge on any atom is 0.0414 e. The van der Waals surface area contributed by atoms with Crippen molar-refractivity contribution in [2.75, 3.05) is 0 Å². The Balaban J connectivity index is 0. The van der Waals surface area contributed by atoms with E-state index in [4.69, 9.17) is 0 Å². The van der Waals surface area contributed by atoms with E-state index in [0.29, 0.717) is 5.41 Å². The van der Waals surface area contributed by atoms with E-state index < -0.39 is 5.97 Å². The summed E-state index contributed by atoms with van der Waals surface area (Å²) in [6.07, 6.45) is 12.3. The minimum atomic E-state index is -0.909. The molecule has 0 atom stereocenters. The lowest BCUT2D eigenvalue weighted by Crippen LogP contribution is -2.21. The van der Waals surface area contributed by atoms with E-state index in [2.05, 4.69) is 20.8 Å². The van der Waals surface area contributed by atoms with Crippen LogP contribution in [0.25, 0.3) is 0 Å². The number of hydrogen-bond acceptors (Lipinski definition) is 2. The van der Waals surface area contributed by atoms with Crippen molar-refractivity contribution in [2.45, 2.75) is 91.4 Å². The van der Waals surface area contributed by atoms with Crippen molar-refractivity contribution in [2.24, 2.45) is 5.41 Å². The number of carbonyl (C=O) groups is 1. The van der Waals surface area contributed by atoms with Crippen molar-refractivity contribution >= 4 is 5.97 Å². The standard InChI is InChI=1S/C16H32O2.H3N/c1-4-16(5-2,6-3)14-12-10-8-7-9-11-13-15(17)18;/h4-14H2,1-3H3,(H,17,18);1H3. The fourth-order valence-electron chi connectivity index (χ4n) is 2.76. The van der Waals surface area contributed by atoms with Gasteiger partial charge in [-0.15, -0.1) is 0 Å². The average Bonchev–Trinajstić information content (AvgIpc) is 2.38. The van der Waals surface area contributed by atoms with Crippen LogP contribution in [0.5, 0.6) is 0 Å². The summed E-state index contributed by atoms with van der Waals surface area (Å²) in [4.78, 5) is 10.2. The highest BCUT2D eigenvalue weighted by molar-refractivity contribution is 5.63. The highest BCUT2D eigenvalue weighted by Gasteiger charge is 2.22. The summed E-state index contributed by atoms with van der Waals surface area (Å²) in [5.41, 5.74) is 0.578. The van der Waals surface area contributed by atoms with Gasteiger partial charge in [-0.3, -0.25) is 0 Å². The molecule has 0 aromatic heterocycles. The molecule has 0 bridgehead atoms. The predicted molar refractivity (Wildman–Crippen MR) is 81.2 cm³/mol. The summed E-state index contributed by atoms with van der Waals surface area (Å²) < 4.78 is 0. The lowest BCUT2D eigenvalue weighted by molar-refractivity contribution is -0.305. The SMILES string of the molecule is CCC(CC)(CC)CCCCCCCCC(=O)[O-].[NH4+]. The van der Waals surface area contributed by atoms with Gasteiger partial charge < -0.3 is 16.1 Å². The first kappa shape index (κ1) is 20.7. The van der Waals surface area contributed by atoms with Crippen molar-refractivity contribution in [3.8, 4) is 0 Å². The topological polar surface area (TPSA) is 76.6 Å². The zero-order valence-corrected chi connectivity index (χ0v) is 13.6. The number of carbonyl (C=O) groups excluding carboxylic acids is 1. The van der Waals surface area contributed by atoms with E-state index in [-0.39, 0.29) is 12.6 Å². The van der Waals surface area contributed by atoms with Crippen LogP contribution in [0.4, 0.5) is 0 Å². The Hall–Kier alpha value is -0.570. The van der Waals surface area contributed by atoms with Crippen LogP contribution in [0.15, 0.2) is 0 Å². The van der Waals surface area contributed by atoms with Crippen molar-refractivity contribution < 1.29 is 9.90 Å². The molecule has 0 unspecified atom stereocenters. The molecule has 0 fully saturated rings. The third kappa shape index (κ3) is 9.94. The number of rotatable bonds is 12. The van der Waals surface area contributed by atoms with E-state index in [1.165, 1.54) is 51.4 Å².